The minimum Gasteiger partial charge on any atom is -0.460 e. The van der Waals surface area contributed by atoms with Crippen LogP contribution in [0.4, 0.5) is 0 Å². The summed E-state index contributed by atoms with van der Waals surface area (Å²) in [4.78, 5) is 27.8. The molecule has 0 radical (unpaired) electrons. The Hall–Kier alpha value is -1.62. The van der Waals surface area contributed by atoms with Gasteiger partial charge in [-0.25, -0.2) is 14.6 Å². The lowest BCUT2D eigenvalue weighted by molar-refractivity contribution is -0.159. The molecule has 0 bridgehead atoms. The Morgan fingerprint density at radius 3 is 2.79 bits per heavy atom. The zero-order valence-corrected chi connectivity index (χ0v) is 15.1. The van der Waals surface area contributed by atoms with Crippen LogP contribution in [0, 0.1) is 17.8 Å². The predicted molar refractivity (Wildman–Crippen MR) is 90.8 cm³/mol. The molecule has 1 aliphatic carbocycles. The number of carbonyl (C=O) groups is 2. The first-order valence-electron chi connectivity index (χ1n) is 8.35. The molecule has 132 valence electrons. The van der Waals surface area contributed by atoms with Crippen molar-refractivity contribution in [3.8, 4) is 0 Å². The van der Waals surface area contributed by atoms with E-state index in [2.05, 4.69) is 25.8 Å². The van der Waals surface area contributed by atoms with Crippen LogP contribution in [0.5, 0.6) is 0 Å². The molecule has 24 heavy (non-hydrogen) atoms. The number of nitrogens with zero attached hydrogens (tertiary/aromatic N) is 1. The van der Waals surface area contributed by atoms with Gasteiger partial charge in [-0.3, -0.25) is 0 Å². The summed E-state index contributed by atoms with van der Waals surface area (Å²) in [5.74, 6) is 0.144. The second-order valence-electron chi connectivity index (χ2n) is 6.77. The Bertz CT molecular complexity index is 590. The molecule has 0 aliphatic heterocycles. The molecule has 0 unspecified atom stereocenters. The van der Waals surface area contributed by atoms with Gasteiger partial charge in [-0.1, -0.05) is 38.8 Å². The maximum absolute atomic E-state index is 12.1. The lowest BCUT2D eigenvalue weighted by atomic mass is 9.75. The predicted octanol–water partition coefficient (Wildman–Crippen LogP) is 3.90. The van der Waals surface area contributed by atoms with E-state index in [4.69, 9.17) is 21.1 Å². The van der Waals surface area contributed by atoms with Crippen molar-refractivity contribution >= 4 is 23.5 Å². The lowest BCUT2D eigenvalue weighted by Crippen LogP contribution is -2.36. The number of ether oxygens (including phenoxy) is 2. The highest BCUT2D eigenvalue weighted by Crippen LogP contribution is 2.35. The van der Waals surface area contributed by atoms with Crippen molar-refractivity contribution in [2.24, 2.45) is 17.8 Å². The molecule has 1 saturated carbocycles. The summed E-state index contributed by atoms with van der Waals surface area (Å²) in [5, 5.41) is 0.0526. The van der Waals surface area contributed by atoms with E-state index >= 15 is 0 Å². The molecule has 1 heterocycles. The highest BCUT2D eigenvalue weighted by Gasteiger charge is 2.33. The molecule has 5 nitrogen and oxygen atoms in total. The molecule has 0 N–H and O–H groups in total. The van der Waals surface area contributed by atoms with Crippen molar-refractivity contribution < 1.29 is 19.1 Å². The Morgan fingerprint density at radius 1 is 1.38 bits per heavy atom. The van der Waals surface area contributed by atoms with Gasteiger partial charge in [0.2, 0.25) is 0 Å². The Balaban J connectivity index is 1.88. The summed E-state index contributed by atoms with van der Waals surface area (Å²) in [5.41, 5.74) is 0.137. The minimum absolute atomic E-state index is 0.0526. The summed E-state index contributed by atoms with van der Waals surface area (Å²) in [7, 11) is 0. The van der Waals surface area contributed by atoms with Gasteiger partial charge in [0, 0.05) is 6.20 Å². The van der Waals surface area contributed by atoms with Crippen molar-refractivity contribution in [1.82, 2.24) is 4.98 Å². The quantitative estimate of drug-likeness (QED) is 0.593. The van der Waals surface area contributed by atoms with Crippen LogP contribution in [-0.4, -0.2) is 29.6 Å². The van der Waals surface area contributed by atoms with Crippen LogP contribution in [0.25, 0.3) is 0 Å². The van der Waals surface area contributed by atoms with Crippen molar-refractivity contribution in [2.45, 2.75) is 46.1 Å². The van der Waals surface area contributed by atoms with Crippen LogP contribution < -0.4 is 0 Å². The standard InChI is InChI=1S/C18H24ClNO4/c1-11(2)13-7-6-12(3)9-15(13)24-16(21)10-23-18(22)14-5-4-8-20-17(14)19/h4-5,8,11-13,15H,6-7,9-10H2,1-3H3/t12-,13+,15-/m1/s1. The second kappa shape index (κ2) is 8.47. The molecule has 0 spiro atoms. The summed E-state index contributed by atoms with van der Waals surface area (Å²) < 4.78 is 10.6. The number of aromatic nitrogens is 1. The third kappa shape index (κ3) is 4.94. The van der Waals surface area contributed by atoms with E-state index < -0.39 is 18.5 Å². The number of hydrogen-bond acceptors (Lipinski definition) is 5. The Kier molecular flexibility index (Phi) is 6.60. The van der Waals surface area contributed by atoms with E-state index in [0.717, 1.165) is 19.3 Å². The van der Waals surface area contributed by atoms with Crippen molar-refractivity contribution in [3.63, 3.8) is 0 Å². The van der Waals surface area contributed by atoms with E-state index in [1.165, 1.54) is 12.3 Å². The van der Waals surface area contributed by atoms with Gasteiger partial charge in [0.15, 0.2) is 6.61 Å². The number of carbonyl (C=O) groups excluding carboxylic acids is 2. The molecule has 6 heteroatoms. The highest BCUT2D eigenvalue weighted by molar-refractivity contribution is 6.32. The van der Waals surface area contributed by atoms with Gasteiger partial charge in [0.05, 0.1) is 5.56 Å². The number of hydrogen-bond donors (Lipinski definition) is 0. The van der Waals surface area contributed by atoms with Crippen molar-refractivity contribution in [1.29, 1.82) is 0 Å². The van der Waals surface area contributed by atoms with E-state index in [1.54, 1.807) is 6.07 Å². The third-order valence-electron chi connectivity index (χ3n) is 4.54. The Morgan fingerprint density at radius 2 is 2.12 bits per heavy atom. The van der Waals surface area contributed by atoms with Crippen LogP contribution in [-0.2, 0) is 14.3 Å². The molecule has 3 atom stereocenters. The number of pyridine rings is 1. The molecule has 1 aromatic heterocycles. The zero-order chi connectivity index (χ0) is 17.7. The molecule has 1 aliphatic rings. The van der Waals surface area contributed by atoms with Gasteiger partial charge < -0.3 is 9.47 Å². The van der Waals surface area contributed by atoms with E-state index in [0.29, 0.717) is 17.8 Å². The summed E-state index contributed by atoms with van der Waals surface area (Å²) in [6, 6.07) is 3.08. The molecular weight excluding hydrogens is 330 g/mol. The monoisotopic (exact) mass is 353 g/mol. The van der Waals surface area contributed by atoms with Crippen LogP contribution in [0.15, 0.2) is 18.3 Å². The van der Waals surface area contributed by atoms with E-state index in [-0.39, 0.29) is 16.8 Å². The fraction of sp³-hybridized carbons (Fsp3) is 0.611. The van der Waals surface area contributed by atoms with Gasteiger partial charge in [-0.05, 0) is 42.7 Å². The molecule has 1 fully saturated rings. The number of halogens is 1. The molecule has 0 amide bonds. The minimum atomic E-state index is -0.678. The van der Waals surface area contributed by atoms with Crippen LogP contribution >= 0.6 is 11.6 Å². The smallest absolute Gasteiger partial charge is 0.344 e. The first-order chi connectivity index (χ1) is 11.4. The van der Waals surface area contributed by atoms with Gasteiger partial charge in [-0.2, -0.15) is 0 Å². The highest BCUT2D eigenvalue weighted by atomic mass is 35.5. The van der Waals surface area contributed by atoms with E-state index in [1.807, 2.05) is 0 Å². The number of rotatable bonds is 5. The fourth-order valence-electron chi connectivity index (χ4n) is 3.19. The lowest BCUT2D eigenvalue weighted by Gasteiger charge is -2.36. The van der Waals surface area contributed by atoms with Crippen molar-refractivity contribution in [2.75, 3.05) is 6.61 Å². The SMILES string of the molecule is CC(C)[C@@H]1CC[C@@H](C)C[C@H]1OC(=O)COC(=O)c1cccnc1Cl. The van der Waals surface area contributed by atoms with Crippen LogP contribution in [0.1, 0.15) is 50.4 Å². The maximum atomic E-state index is 12.1. The topological polar surface area (TPSA) is 65.5 Å². The zero-order valence-electron chi connectivity index (χ0n) is 14.3. The average Bonchev–Trinajstić information content (AvgIpc) is 2.53. The molecule has 2 rings (SSSR count). The second-order valence-corrected chi connectivity index (χ2v) is 7.13. The third-order valence-corrected chi connectivity index (χ3v) is 4.85. The first-order valence-corrected chi connectivity index (χ1v) is 8.73. The summed E-state index contributed by atoms with van der Waals surface area (Å²) in [6.07, 6.45) is 4.44. The molecular formula is C18H24ClNO4. The molecule has 0 aromatic carbocycles. The summed E-state index contributed by atoms with van der Waals surface area (Å²) in [6.45, 7) is 6.04. The van der Waals surface area contributed by atoms with Crippen LogP contribution in [0.2, 0.25) is 5.15 Å². The van der Waals surface area contributed by atoms with Crippen molar-refractivity contribution in [3.05, 3.63) is 29.0 Å². The summed E-state index contributed by atoms with van der Waals surface area (Å²) >= 11 is 5.83. The van der Waals surface area contributed by atoms with Gasteiger partial charge >= 0.3 is 11.9 Å². The Labute approximate surface area is 147 Å². The molecule has 1 aromatic rings. The van der Waals surface area contributed by atoms with Gasteiger partial charge in [-0.15, -0.1) is 0 Å². The number of esters is 2. The maximum Gasteiger partial charge on any atom is 0.344 e. The first kappa shape index (κ1) is 18.7. The average molecular weight is 354 g/mol. The van der Waals surface area contributed by atoms with E-state index in [9.17, 15) is 9.59 Å². The van der Waals surface area contributed by atoms with Gasteiger partial charge in [0.1, 0.15) is 11.3 Å². The van der Waals surface area contributed by atoms with Crippen LogP contribution in [0.3, 0.4) is 0 Å². The molecule has 0 saturated heterocycles. The normalized spacial score (nSPS) is 23.8. The fourth-order valence-corrected chi connectivity index (χ4v) is 3.39. The largest absolute Gasteiger partial charge is 0.460 e. The van der Waals surface area contributed by atoms with Gasteiger partial charge in [0.25, 0.3) is 0 Å².